The molecule has 7 nitrogen and oxygen atoms in total. The Morgan fingerprint density at radius 1 is 1.22 bits per heavy atom. The minimum atomic E-state index is -3.75. The fraction of sp³-hybridized carbons (Fsp3) is 1.00. The van der Waals surface area contributed by atoms with Gasteiger partial charge in [0.05, 0.1) is 35.5 Å². The summed E-state index contributed by atoms with van der Waals surface area (Å²) in [5.41, 5.74) is -1.32. The van der Waals surface area contributed by atoms with Crippen LogP contribution in [0.15, 0.2) is 0 Å². The second kappa shape index (κ2) is 5.41. The van der Waals surface area contributed by atoms with Gasteiger partial charge in [-0.2, -0.15) is 0 Å². The molecule has 0 spiro atoms. The van der Waals surface area contributed by atoms with E-state index < -0.39 is 43.9 Å². The number of aliphatic hydroxyl groups is 2. The summed E-state index contributed by atoms with van der Waals surface area (Å²) in [6.45, 7) is 0.311. The zero-order valence-electron chi connectivity index (χ0n) is 10.2. The fourth-order valence-electron chi connectivity index (χ4n) is 1.72. The van der Waals surface area contributed by atoms with Crippen LogP contribution in [0.1, 0.15) is 19.8 Å². The average Bonchev–Trinajstić information content (AvgIpc) is 2.27. The minimum absolute atomic E-state index is 0.0462. The first-order valence-corrected chi connectivity index (χ1v) is 8.96. The van der Waals surface area contributed by atoms with Crippen molar-refractivity contribution in [1.82, 2.24) is 4.72 Å². The lowest BCUT2D eigenvalue weighted by molar-refractivity contribution is 0.121. The van der Waals surface area contributed by atoms with Crippen molar-refractivity contribution in [3.05, 3.63) is 0 Å². The highest BCUT2D eigenvalue weighted by molar-refractivity contribution is 7.92. The molecule has 0 aliphatic carbocycles. The molecule has 1 aliphatic heterocycles. The third kappa shape index (κ3) is 3.89. The second-order valence-electron chi connectivity index (χ2n) is 4.88. The van der Waals surface area contributed by atoms with Crippen LogP contribution in [-0.2, 0) is 19.9 Å². The molecule has 9 heteroatoms. The van der Waals surface area contributed by atoms with Gasteiger partial charge in [-0.3, -0.25) is 0 Å². The van der Waals surface area contributed by atoms with Gasteiger partial charge in [0, 0.05) is 0 Å². The van der Waals surface area contributed by atoms with Gasteiger partial charge in [-0.15, -0.1) is 0 Å². The van der Waals surface area contributed by atoms with Crippen molar-refractivity contribution in [2.24, 2.45) is 0 Å². The maximum absolute atomic E-state index is 12.0. The molecule has 1 aliphatic rings. The zero-order valence-corrected chi connectivity index (χ0v) is 11.8. The predicted molar refractivity (Wildman–Crippen MR) is 66.3 cm³/mol. The van der Waals surface area contributed by atoms with Crippen LogP contribution in [0.2, 0.25) is 0 Å². The van der Waals surface area contributed by atoms with E-state index in [4.69, 9.17) is 10.2 Å². The van der Waals surface area contributed by atoms with Gasteiger partial charge >= 0.3 is 0 Å². The molecule has 0 radical (unpaired) electrons. The lowest BCUT2D eigenvalue weighted by Gasteiger charge is -2.30. The van der Waals surface area contributed by atoms with Gasteiger partial charge in [0.15, 0.2) is 0 Å². The highest BCUT2D eigenvalue weighted by atomic mass is 32.2. The molecular weight excluding hydrogens is 282 g/mol. The first kappa shape index (κ1) is 15.8. The molecule has 0 aromatic carbocycles. The van der Waals surface area contributed by atoms with Crippen LogP contribution >= 0.6 is 0 Å². The van der Waals surface area contributed by atoms with Gasteiger partial charge in [-0.25, -0.2) is 21.6 Å². The number of nitrogens with one attached hydrogen (secondary N) is 1. The zero-order chi connectivity index (χ0) is 14.0. The summed E-state index contributed by atoms with van der Waals surface area (Å²) in [5, 5.41) is 17.3. The maximum Gasteiger partial charge on any atom is 0.215 e. The van der Waals surface area contributed by atoms with E-state index >= 15 is 0 Å². The lowest BCUT2D eigenvalue weighted by Crippen LogP contribution is -2.55. The smallest absolute Gasteiger partial charge is 0.215 e. The van der Waals surface area contributed by atoms with Crippen LogP contribution in [0.3, 0.4) is 0 Å². The molecule has 0 unspecified atom stereocenters. The summed E-state index contributed by atoms with van der Waals surface area (Å²) in [6, 6.07) is 0. The van der Waals surface area contributed by atoms with Crippen molar-refractivity contribution < 1.29 is 27.0 Å². The summed E-state index contributed by atoms with van der Waals surface area (Å²) in [4.78, 5) is 0. The standard InChI is InChI=1S/C9H19NO6S2/c1-9(6-11,7-12)10-18(15,16)8-2-4-17(13,14)5-3-8/h8,10-12H,2-7H2,1H3. The highest BCUT2D eigenvalue weighted by Gasteiger charge is 2.37. The minimum Gasteiger partial charge on any atom is -0.394 e. The van der Waals surface area contributed by atoms with Crippen LogP contribution in [0.25, 0.3) is 0 Å². The van der Waals surface area contributed by atoms with Crippen molar-refractivity contribution in [3.63, 3.8) is 0 Å². The molecule has 0 bridgehead atoms. The molecular formula is C9H19NO6S2. The van der Waals surface area contributed by atoms with E-state index in [1.165, 1.54) is 6.92 Å². The number of sulfonamides is 1. The molecule has 1 fully saturated rings. The average molecular weight is 301 g/mol. The van der Waals surface area contributed by atoms with Crippen molar-refractivity contribution in [2.45, 2.75) is 30.6 Å². The first-order valence-electron chi connectivity index (χ1n) is 5.59. The van der Waals surface area contributed by atoms with Gasteiger partial charge in [-0.1, -0.05) is 0 Å². The fourth-order valence-corrected chi connectivity index (χ4v) is 5.35. The Labute approximate surface area is 107 Å². The van der Waals surface area contributed by atoms with E-state index in [0.717, 1.165) is 0 Å². The Bertz CT molecular complexity index is 465. The predicted octanol–water partition coefficient (Wildman–Crippen LogP) is -1.77. The summed E-state index contributed by atoms with van der Waals surface area (Å²) < 4.78 is 48.7. The quantitative estimate of drug-likeness (QED) is 0.552. The van der Waals surface area contributed by atoms with Crippen molar-refractivity contribution >= 4 is 19.9 Å². The number of hydrogen-bond donors (Lipinski definition) is 3. The molecule has 3 N–H and O–H groups in total. The molecule has 1 rings (SSSR count). The van der Waals surface area contributed by atoms with E-state index in [2.05, 4.69) is 4.72 Å². The van der Waals surface area contributed by atoms with E-state index in [9.17, 15) is 16.8 Å². The Kier molecular flexibility index (Phi) is 4.76. The van der Waals surface area contributed by atoms with Crippen LogP contribution in [0.4, 0.5) is 0 Å². The van der Waals surface area contributed by atoms with E-state index in [0.29, 0.717) is 0 Å². The third-order valence-corrected chi connectivity index (χ3v) is 6.87. The molecule has 0 saturated carbocycles. The number of aliphatic hydroxyl groups excluding tert-OH is 2. The first-order chi connectivity index (χ1) is 8.14. The molecule has 0 amide bonds. The summed E-state index contributed by atoms with van der Waals surface area (Å²) >= 11 is 0. The Morgan fingerprint density at radius 2 is 1.67 bits per heavy atom. The van der Waals surface area contributed by atoms with Crippen molar-refractivity contribution in [1.29, 1.82) is 0 Å². The van der Waals surface area contributed by atoms with Crippen LogP contribution in [-0.4, -0.2) is 62.6 Å². The number of sulfone groups is 1. The summed E-state index contributed by atoms with van der Waals surface area (Å²) in [7, 11) is -6.87. The van der Waals surface area contributed by atoms with Gasteiger partial charge in [-0.05, 0) is 19.8 Å². The normalized spacial score (nSPS) is 21.9. The molecule has 18 heavy (non-hydrogen) atoms. The number of rotatable bonds is 5. The Balaban J connectivity index is 2.77. The van der Waals surface area contributed by atoms with E-state index in [1.54, 1.807) is 0 Å². The maximum atomic E-state index is 12.0. The van der Waals surface area contributed by atoms with E-state index in [-0.39, 0.29) is 24.3 Å². The lowest BCUT2D eigenvalue weighted by atomic mass is 10.1. The van der Waals surface area contributed by atoms with Gasteiger partial charge in [0.25, 0.3) is 0 Å². The van der Waals surface area contributed by atoms with Crippen LogP contribution < -0.4 is 4.72 Å². The second-order valence-corrected chi connectivity index (χ2v) is 9.14. The van der Waals surface area contributed by atoms with Crippen LogP contribution in [0, 0.1) is 0 Å². The Morgan fingerprint density at radius 3 is 2.06 bits per heavy atom. The van der Waals surface area contributed by atoms with Crippen LogP contribution in [0.5, 0.6) is 0 Å². The Hall–Kier alpha value is -0.220. The molecule has 1 saturated heterocycles. The molecule has 0 aromatic heterocycles. The van der Waals surface area contributed by atoms with Gasteiger partial charge < -0.3 is 10.2 Å². The highest BCUT2D eigenvalue weighted by Crippen LogP contribution is 2.20. The van der Waals surface area contributed by atoms with Gasteiger partial charge in [0.2, 0.25) is 10.0 Å². The molecule has 108 valence electrons. The van der Waals surface area contributed by atoms with E-state index in [1.807, 2.05) is 0 Å². The largest absolute Gasteiger partial charge is 0.394 e. The molecule has 0 atom stereocenters. The van der Waals surface area contributed by atoms with Crippen molar-refractivity contribution in [3.8, 4) is 0 Å². The summed E-state index contributed by atoms with van der Waals surface area (Å²) in [6.07, 6.45) is 0.0925. The molecule has 1 heterocycles. The SMILES string of the molecule is CC(CO)(CO)NS(=O)(=O)C1CCS(=O)(=O)CC1. The monoisotopic (exact) mass is 301 g/mol. The third-order valence-electron chi connectivity index (χ3n) is 3.03. The molecule has 0 aromatic rings. The number of hydrogen-bond acceptors (Lipinski definition) is 6. The summed E-state index contributed by atoms with van der Waals surface area (Å²) in [5.74, 6) is -0.291. The van der Waals surface area contributed by atoms with Gasteiger partial charge in [0.1, 0.15) is 9.84 Å². The van der Waals surface area contributed by atoms with Crippen molar-refractivity contribution in [2.75, 3.05) is 24.7 Å². The topological polar surface area (TPSA) is 121 Å².